The summed E-state index contributed by atoms with van der Waals surface area (Å²) in [6.07, 6.45) is 5.18. The van der Waals surface area contributed by atoms with Gasteiger partial charge in [0.1, 0.15) is 0 Å². The van der Waals surface area contributed by atoms with Crippen molar-refractivity contribution in [1.82, 2.24) is 24.9 Å². The van der Waals surface area contributed by atoms with E-state index in [0.29, 0.717) is 6.04 Å². The molecule has 0 aromatic carbocycles. The fourth-order valence-corrected chi connectivity index (χ4v) is 3.25. The molecule has 1 fully saturated rings. The van der Waals surface area contributed by atoms with Gasteiger partial charge in [0.2, 0.25) is 0 Å². The average molecular weight is 448 g/mol. The molecule has 1 N–H and O–H groups in total. The molecule has 1 aromatic heterocycles. The van der Waals surface area contributed by atoms with Gasteiger partial charge in [-0.25, -0.2) is 0 Å². The van der Waals surface area contributed by atoms with Crippen molar-refractivity contribution in [2.75, 3.05) is 39.3 Å². The van der Waals surface area contributed by atoms with Crippen LogP contribution in [0.2, 0.25) is 0 Å². The van der Waals surface area contributed by atoms with E-state index in [9.17, 15) is 0 Å². The van der Waals surface area contributed by atoms with Gasteiger partial charge in [-0.2, -0.15) is 5.10 Å². The summed E-state index contributed by atoms with van der Waals surface area (Å²) in [5.41, 5.74) is 1.20. The largest absolute Gasteiger partial charge is 0.357 e. The number of nitrogens with zero attached hydrogens (tertiary/aromatic N) is 5. The van der Waals surface area contributed by atoms with E-state index in [2.05, 4.69) is 54.1 Å². The number of halogens is 1. The minimum Gasteiger partial charge on any atom is -0.357 e. The molecule has 2 heterocycles. The summed E-state index contributed by atoms with van der Waals surface area (Å²) in [7, 11) is 0. The van der Waals surface area contributed by atoms with E-state index in [0.717, 1.165) is 51.8 Å². The van der Waals surface area contributed by atoms with E-state index in [1.807, 2.05) is 10.9 Å². The number of aryl methyl sites for hydroxylation is 1. The molecule has 24 heavy (non-hydrogen) atoms. The smallest absolute Gasteiger partial charge is 0.194 e. The molecule has 1 aliphatic heterocycles. The van der Waals surface area contributed by atoms with Crippen molar-refractivity contribution in [3.63, 3.8) is 0 Å². The first kappa shape index (κ1) is 21.2. The molecule has 1 saturated heterocycles. The maximum absolute atomic E-state index is 4.80. The van der Waals surface area contributed by atoms with Crippen LogP contribution in [0.5, 0.6) is 0 Å². The molecule has 138 valence electrons. The van der Waals surface area contributed by atoms with Crippen molar-refractivity contribution < 1.29 is 0 Å². The molecule has 0 aliphatic carbocycles. The number of rotatable bonds is 7. The summed E-state index contributed by atoms with van der Waals surface area (Å²) in [5, 5.41) is 7.76. The lowest BCUT2D eigenvalue weighted by Crippen LogP contribution is -2.43. The Balaban J connectivity index is 0.00000288. The van der Waals surface area contributed by atoms with E-state index >= 15 is 0 Å². The van der Waals surface area contributed by atoms with Crippen LogP contribution in [0.25, 0.3) is 0 Å². The first-order valence-corrected chi connectivity index (χ1v) is 8.94. The van der Waals surface area contributed by atoms with Crippen LogP contribution in [0, 0.1) is 6.92 Å². The lowest BCUT2D eigenvalue weighted by atomic mass is 10.2. The van der Waals surface area contributed by atoms with Gasteiger partial charge >= 0.3 is 0 Å². The summed E-state index contributed by atoms with van der Waals surface area (Å²) in [6, 6.07) is 0.655. The summed E-state index contributed by atoms with van der Waals surface area (Å²) >= 11 is 0. The number of hydrogen-bond donors (Lipinski definition) is 1. The highest BCUT2D eigenvalue weighted by atomic mass is 127. The fourth-order valence-electron chi connectivity index (χ4n) is 3.25. The zero-order valence-electron chi connectivity index (χ0n) is 15.5. The van der Waals surface area contributed by atoms with Gasteiger partial charge in [-0.3, -0.25) is 14.6 Å². The van der Waals surface area contributed by atoms with E-state index in [-0.39, 0.29) is 24.0 Å². The SMILES string of the molecule is CCNC(=NCCn1cc(C)cn1)N1CCC(N(CC)CC)C1.I. The Morgan fingerprint density at radius 1 is 1.38 bits per heavy atom. The monoisotopic (exact) mass is 448 g/mol. The fraction of sp³-hybridized carbons (Fsp3) is 0.765. The molecular weight excluding hydrogens is 415 g/mol. The van der Waals surface area contributed by atoms with Crippen molar-refractivity contribution in [3.05, 3.63) is 18.0 Å². The number of hydrogen-bond acceptors (Lipinski definition) is 3. The molecule has 1 aromatic rings. The zero-order valence-corrected chi connectivity index (χ0v) is 17.9. The van der Waals surface area contributed by atoms with Crippen LogP contribution in [0.15, 0.2) is 17.4 Å². The minimum atomic E-state index is 0. The first-order valence-electron chi connectivity index (χ1n) is 8.94. The number of aromatic nitrogens is 2. The van der Waals surface area contributed by atoms with Gasteiger partial charge in [-0.05, 0) is 38.9 Å². The predicted molar refractivity (Wildman–Crippen MR) is 111 cm³/mol. The lowest BCUT2D eigenvalue weighted by Gasteiger charge is -2.27. The standard InChI is InChI=1S/C17H32N6.HI/c1-5-18-17(19-9-11-23-13-15(4)12-20-23)22-10-8-16(14-22)21(6-2)7-3;/h12-13,16H,5-11,14H2,1-4H3,(H,18,19);1H. The molecule has 7 heteroatoms. The number of likely N-dealkylation sites (N-methyl/N-ethyl adjacent to an activating group) is 1. The number of nitrogens with one attached hydrogen (secondary N) is 1. The second-order valence-electron chi connectivity index (χ2n) is 6.13. The molecule has 0 radical (unpaired) electrons. The van der Waals surface area contributed by atoms with Crippen LogP contribution in [0.1, 0.15) is 32.8 Å². The number of aliphatic imine (C=N–C) groups is 1. The van der Waals surface area contributed by atoms with Crippen molar-refractivity contribution >= 4 is 29.9 Å². The quantitative estimate of drug-likeness (QED) is 0.395. The molecule has 0 spiro atoms. The Hall–Kier alpha value is -0.830. The molecule has 1 aliphatic rings. The molecule has 0 amide bonds. The van der Waals surface area contributed by atoms with Crippen LogP contribution in [0.4, 0.5) is 0 Å². The van der Waals surface area contributed by atoms with Gasteiger partial charge in [-0.15, -0.1) is 24.0 Å². The lowest BCUT2D eigenvalue weighted by molar-refractivity contribution is 0.223. The molecule has 1 unspecified atom stereocenters. The normalized spacial score (nSPS) is 18.1. The third kappa shape index (κ3) is 5.91. The van der Waals surface area contributed by atoms with Crippen LogP contribution in [-0.4, -0.2) is 70.9 Å². The maximum Gasteiger partial charge on any atom is 0.194 e. The molecule has 1 atom stereocenters. The Labute approximate surface area is 163 Å². The van der Waals surface area contributed by atoms with Crippen LogP contribution >= 0.6 is 24.0 Å². The Bertz CT molecular complexity index is 497. The van der Waals surface area contributed by atoms with E-state index in [1.165, 1.54) is 12.0 Å². The van der Waals surface area contributed by atoms with Crippen molar-refractivity contribution in [2.45, 2.75) is 46.7 Å². The summed E-state index contributed by atoms with van der Waals surface area (Å²) in [5.74, 6) is 1.05. The molecule has 0 saturated carbocycles. The third-order valence-electron chi connectivity index (χ3n) is 4.48. The second-order valence-corrected chi connectivity index (χ2v) is 6.13. The van der Waals surface area contributed by atoms with E-state index in [4.69, 9.17) is 4.99 Å². The van der Waals surface area contributed by atoms with Crippen molar-refractivity contribution in [1.29, 1.82) is 0 Å². The minimum absolute atomic E-state index is 0. The Morgan fingerprint density at radius 3 is 2.71 bits per heavy atom. The van der Waals surface area contributed by atoms with Gasteiger partial charge in [-0.1, -0.05) is 13.8 Å². The summed E-state index contributed by atoms with van der Waals surface area (Å²) < 4.78 is 1.96. The highest BCUT2D eigenvalue weighted by molar-refractivity contribution is 14.0. The maximum atomic E-state index is 4.80. The van der Waals surface area contributed by atoms with Crippen molar-refractivity contribution in [3.8, 4) is 0 Å². The highest BCUT2D eigenvalue weighted by Crippen LogP contribution is 2.15. The van der Waals surface area contributed by atoms with E-state index in [1.54, 1.807) is 0 Å². The van der Waals surface area contributed by atoms with Crippen LogP contribution < -0.4 is 5.32 Å². The topological polar surface area (TPSA) is 48.7 Å². The van der Waals surface area contributed by atoms with Crippen LogP contribution in [0.3, 0.4) is 0 Å². The predicted octanol–water partition coefficient (Wildman–Crippen LogP) is 2.19. The third-order valence-corrected chi connectivity index (χ3v) is 4.48. The summed E-state index contributed by atoms with van der Waals surface area (Å²) in [4.78, 5) is 9.75. The number of guanidine groups is 1. The van der Waals surface area contributed by atoms with Gasteiger partial charge in [0, 0.05) is 31.9 Å². The van der Waals surface area contributed by atoms with E-state index < -0.39 is 0 Å². The van der Waals surface area contributed by atoms with Gasteiger partial charge in [0.05, 0.1) is 19.3 Å². The van der Waals surface area contributed by atoms with Gasteiger partial charge in [0.15, 0.2) is 5.96 Å². The molecule has 2 rings (SSSR count). The first-order chi connectivity index (χ1) is 11.2. The highest BCUT2D eigenvalue weighted by Gasteiger charge is 2.27. The number of likely N-dealkylation sites (tertiary alicyclic amines) is 1. The van der Waals surface area contributed by atoms with Gasteiger partial charge < -0.3 is 10.2 Å². The Kier molecular flexibility index (Phi) is 9.65. The molecule has 6 nitrogen and oxygen atoms in total. The van der Waals surface area contributed by atoms with Gasteiger partial charge in [0.25, 0.3) is 0 Å². The average Bonchev–Trinajstić information content (AvgIpc) is 3.17. The summed E-state index contributed by atoms with van der Waals surface area (Å²) in [6.45, 7) is 15.6. The molecule has 0 bridgehead atoms. The Morgan fingerprint density at radius 2 is 2.12 bits per heavy atom. The molecular formula is C17H33IN6. The van der Waals surface area contributed by atoms with Crippen LogP contribution in [-0.2, 0) is 6.54 Å². The van der Waals surface area contributed by atoms with Crippen molar-refractivity contribution in [2.24, 2.45) is 4.99 Å². The zero-order chi connectivity index (χ0) is 16.7. The second kappa shape index (κ2) is 10.9.